The van der Waals surface area contributed by atoms with Gasteiger partial charge in [-0.3, -0.25) is 4.79 Å². The van der Waals surface area contributed by atoms with Crippen molar-refractivity contribution in [3.05, 3.63) is 59.9 Å². The maximum absolute atomic E-state index is 13.3. The molecule has 0 amide bonds. The van der Waals surface area contributed by atoms with E-state index >= 15 is 0 Å². The lowest BCUT2D eigenvalue weighted by Gasteiger charge is -2.19. The molecular weight excluding hydrogens is 217 g/mol. The highest BCUT2D eigenvalue weighted by Crippen LogP contribution is 2.24. The largest absolute Gasteiger partial charge is 0.345 e. The fourth-order valence-corrected chi connectivity index (χ4v) is 1.66. The second kappa shape index (κ2) is 4.78. The SMILES string of the molecule is CN(c1ccccc1)c1cc(F)cc(C=O)c1. The maximum Gasteiger partial charge on any atom is 0.150 e. The second-order valence-electron chi connectivity index (χ2n) is 3.76. The van der Waals surface area contributed by atoms with E-state index < -0.39 is 5.82 Å². The van der Waals surface area contributed by atoms with Crippen molar-refractivity contribution in [1.82, 2.24) is 0 Å². The van der Waals surface area contributed by atoms with Crippen LogP contribution >= 0.6 is 0 Å². The third-order valence-electron chi connectivity index (χ3n) is 2.57. The van der Waals surface area contributed by atoms with Crippen LogP contribution in [0.5, 0.6) is 0 Å². The molecule has 2 aromatic carbocycles. The minimum absolute atomic E-state index is 0.336. The Bertz CT molecular complexity index is 525. The van der Waals surface area contributed by atoms with E-state index in [1.807, 2.05) is 42.3 Å². The summed E-state index contributed by atoms with van der Waals surface area (Å²) >= 11 is 0. The number of rotatable bonds is 3. The summed E-state index contributed by atoms with van der Waals surface area (Å²) in [6, 6.07) is 13.9. The first-order valence-corrected chi connectivity index (χ1v) is 5.25. The van der Waals surface area contributed by atoms with Gasteiger partial charge in [-0.25, -0.2) is 4.39 Å². The van der Waals surface area contributed by atoms with Gasteiger partial charge < -0.3 is 4.90 Å². The number of para-hydroxylation sites is 1. The summed E-state index contributed by atoms with van der Waals surface area (Å²) in [7, 11) is 1.83. The Balaban J connectivity index is 2.40. The molecule has 17 heavy (non-hydrogen) atoms. The summed E-state index contributed by atoms with van der Waals surface area (Å²) in [4.78, 5) is 12.5. The zero-order valence-electron chi connectivity index (χ0n) is 9.43. The fourth-order valence-electron chi connectivity index (χ4n) is 1.66. The van der Waals surface area contributed by atoms with Gasteiger partial charge in [-0.15, -0.1) is 0 Å². The number of aldehydes is 1. The Morgan fingerprint density at radius 2 is 1.76 bits per heavy atom. The van der Waals surface area contributed by atoms with Crippen molar-refractivity contribution in [1.29, 1.82) is 0 Å². The normalized spacial score (nSPS) is 10.0. The van der Waals surface area contributed by atoms with Gasteiger partial charge in [-0.05, 0) is 30.3 Å². The number of hydrogen-bond donors (Lipinski definition) is 0. The van der Waals surface area contributed by atoms with Crippen LogP contribution in [0.4, 0.5) is 15.8 Å². The van der Waals surface area contributed by atoms with Gasteiger partial charge >= 0.3 is 0 Å². The van der Waals surface area contributed by atoms with Crippen molar-refractivity contribution < 1.29 is 9.18 Å². The van der Waals surface area contributed by atoms with Gasteiger partial charge in [0, 0.05) is 24.0 Å². The van der Waals surface area contributed by atoms with Gasteiger partial charge in [0.05, 0.1) is 0 Å². The van der Waals surface area contributed by atoms with E-state index in [9.17, 15) is 9.18 Å². The number of carbonyl (C=O) groups is 1. The van der Waals surface area contributed by atoms with Crippen molar-refractivity contribution in [2.45, 2.75) is 0 Å². The maximum atomic E-state index is 13.3. The molecule has 3 heteroatoms. The van der Waals surface area contributed by atoms with Crippen molar-refractivity contribution in [2.24, 2.45) is 0 Å². The standard InChI is InChI=1S/C14H12FNO/c1-16(13-5-3-2-4-6-13)14-8-11(10-17)7-12(15)9-14/h2-10H,1H3. The van der Waals surface area contributed by atoms with E-state index in [0.29, 0.717) is 17.5 Å². The predicted molar refractivity (Wildman–Crippen MR) is 66.3 cm³/mol. The molecule has 0 atom stereocenters. The van der Waals surface area contributed by atoms with Gasteiger partial charge in [-0.1, -0.05) is 18.2 Å². The lowest BCUT2D eigenvalue weighted by Crippen LogP contribution is -2.09. The number of nitrogens with zero attached hydrogens (tertiary/aromatic N) is 1. The number of carbonyl (C=O) groups excluding carboxylic acids is 1. The quantitative estimate of drug-likeness (QED) is 0.752. The first-order valence-electron chi connectivity index (χ1n) is 5.25. The molecule has 0 aromatic heterocycles. The summed E-state index contributed by atoms with van der Waals surface area (Å²) in [6.07, 6.45) is 0.644. The average Bonchev–Trinajstić information content (AvgIpc) is 2.38. The smallest absolute Gasteiger partial charge is 0.150 e. The number of halogens is 1. The Morgan fingerprint density at radius 1 is 1.06 bits per heavy atom. The van der Waals surface area contributed by atoms with Crippen molar-refractivity contribution >= 4 is 17.7 Å². The molecule has 0 spiro atoms. The molecular formula is C14H12FNO. The number of benzene rings is 2. The molecule has 2 aromatic rings. The zero-order chi connectivity index (χ0) is 12.3. The minimum Gasteiger partial charge on any atom is -0.345 e. The van der Waals surface area contributed by atoms with Crippen molar-refractivity contribution in [3.63, 3.8) is 0 Å². The molecule has 86 valence electrons. The highest BCUT2D eigenvalue weighted by Gasteiger charge is 2.06. The number of anilines is 2. The van der Waals surface area contributed by atoms with Crippen LogP contribution in [0.2, 0.25) is 0 Å². The van der Waals surface area contributed by atoms with E-state index in [-0.39, 0.29) is 0 Å². The third-order valence-corrected chi connectivity index (χ3v) is 2.57. The second-order valence-corrected chi connectivity index (χ2v) is 3.76. The van der Waals surface area contributed by atoms with Crippen LogP contribution in [0.1, 0.15) is 10.4 Å². The molecule has 0 saturated carbocycles. The molecule has 0 aliphatic carbocycles. The van der Waals surface area contributed by atoms with Crippen LogP contribution in [0.3, 0.4) is 0 Å². The molecule has 2 nitrogen and oxygen atoms in total. The Morgan fingerprint density at radius 3 is 2.41 bits per heavy atom. The Kier molecular flexibility index (Phi) is 3.19. The molecule has 2 rings (SSSR count). The fraction of sp³-hybridized carbons (Fsp3) is 0.0714. The summed E-state index contributed by atoms with van der Waals surface area (Å²) in [5.41, 5.74) is 1.93. The molecule has 0 heterocycles. The predicted octanol–water partition coefficient (Wildman–Crippen LogP) is 3.41. The summed E-state index contributed by atoms with van der Waals surface area (Å²) in [5.74, 6) is -0.410. The lowest BCUT2D eigenvalue weighted by atomic mass is 10.2. The summed E-state index contributed by atoms with van der Waals surface area (Å²) < 4.78 is 13.3. The highest BCUT2D eigenvalue weighted by molar-refractivity contribution is 5.78. The molecule has 0 N–H and O–H groups in total. The molecule has 0 unspecified atom stereocenters. The highest BCUT2D eigenvalue weighted by atomic mass is 19.1. The lowest BCUT2D eigenvalue weighted by molar-refractivity contribution is 0.112. The zero-order valence-corrected chi connectivity index (χ0v) is 9.43. The molecule has 0 radical (unpaired) electrons. The average molecular weight is 229 g/mol. The Hall–Kier alpha value is -2.16. The molecule has 0 saturated heterocycles. The minimum atomic E-state index is -0.410. The van der Waals surface area contributed by atoms with Crippen molar-refractivity contribution in [3.8, 4) is 0 Å². The van der Waals surface area contributed by atoms with Crippen LogP contribution in [0.25, 0.3) is 0 Å². The van der Waals surface area contributed by atoms with E-state index in [0.717, 1.165) is 5.69 Å². The van der Waals surface area contributed by atoms with Crippen molar-refractivity contribution in [2.75, 3.05) is 11.9 Å². The van der Waals surface area contributed by atoms with Crippen LogP contribution in [0.15, 0.2) is 48.5 Å². The molecule has 0 bridgehead atoms. The van der Waals surface area contributed by atoms with Gasteiger partial charge in [0.25, 0.3) is 0 Å². The molecule has 0 fully saturated rings. The Labute approximate surface area is 99.3 Å². The molecule has 0 aliphatic heterocycles. The summed E-state index contributed by atoms with van der Waals surface area (Å²) in [5, 5.41) is 0. The first kappa shape index (κ1) is 11.3. The van der Waals surface area contributed by atoms with Gasteiger partial charge in [-0.2, -0.15) is 0 Å². The van der Waals surface area contributed by atoms with Crippen LogP contribution in [0, 0.1) is 5.82 Å². The van der Waals surface area contributed by atoms with Crippen LogP contribution in [-0.2, 0) is 0 Å². The van der Waals surface area contributed by atoms with E-state index in [1.165, 1.54) is 12.1 Å². The van der Waals surface area contributed by atoms with Crippen LogP contribution in [-0.4, -0.2) is 13.3 Å². The van der Waals surface area contributed by atoms with Gasteiger partial charge in [0.15, 0.2) is 0 Å². The van der Waals surface area contributed by atoms with E-state index in [4.69, 9.17) is 0 Å². The monoisotopic (exact) mass is 229 g/mol. The van der Waals surface area contributed by atoms with E-state index in [1.54, 1.807) is 6.07 Å². The van der Waals surface area contributed by atoms with E-state index in [2.05, 4.69) is 0 Å². The topological polar surface area (TPSA) is 20.3 Å². The van der Waals surface area contributed by atoms with Crippen LogP contribution < -0.4 is 4.90 Å². The van der Waals surface area contributed by atoms with Gasteiger partial charge in [0.1, 0.15) is 12.1 Å². The van der Waals surface area contributed by atoms with Gasteiger partial charge in [0.2, 0.25) is 0 Å². The number of hydrogen-bond acceptors (Lipinski definition) is 2. The molecule has 0 aliphatic rings. The summed E-state index contributed by atoms with van der Waals surface area (Å²) in [6.45, 7) is 0. The third kappa shape index (κ3) is 2.50. The first-order chi connectivity index (χ1) is 8.20.